The predicted molar refractivity (Wildman–Crippen MR) is 213 cm³/mol. The number of aryl methyl sites for hydroxylation is 1. The van der Waals surface area contributed by atoms with Crippen LogP contribution in [0.5, 0.6) is 5.75 Å². The minimum Gasteiger partial charge on any atom is -0.490 e. The van der Waals surface area contributed by atoms with Crippen LogP contribution in [-0.2, 0) is 31.3 Å². The molecular formula is C42H54ClF3N4O6S. The van der Waals surface area contributed by atoms with E-state index in [4.69, 9.17) is 25.8 Å². The van der Waals surface area contributed by atoms with Gasteiger partial charge in [-0.3, -0.25) is 14.6 Å². The number of sulfonamides is 1. The average Bonchev–Trinajstić information content (AvgIpc) is 3.31. The number of anilines is 1. The highest BCUT2D eigenvalue weighted by molar-refractivity contribution is 7.90. The molecule has 1 spiro atoms. The number of carbonyl (C=O) groups excluding carboxylic acids is 1. The number of allylic oxidation sites excluding steroid dienone is 1. The molecule has 2 bridgehead atoms. The Balaban J connectivity index is 1.22. The van der Waals surface area contributed by atoms with Crippen LogP contribution in [0, 0.1) is 17.8 Å². The Morgan fingerprint density at radius 2 is 1.91 bits per heavy atom. The Morgan fingerprint density at radius 3 is 2.70 bits per heavy atom. The minimum atomic E-state index is -4.56. The lowest BCUT2D eigenvalue weighted by Gasteiger charge is -2.53. The molecule has 3 fully saturated rings. The number of piperazine rings is 1. The van der Waals surface area contributed by atoms with Crippen molar-refractivity contribution in [3.8, 4) is 5.75 Å². The van der Waals surface area contributed by atoms with Gasteiger partial charge in [-0.1, -0.05) is 36.7 Å². The largest absolute Gasteiger partial charge is 0.490 e. The number of rotatable bonds is 4. The fraction of sp³-hybridized carbons (Fsp3) is 0.643. The predicted octanol–water partition coefficient (Wildman–Crippen LogP) is 6.22. The van der Waals surface area contributed by atoms with Crippen molar-refractivity contribution in [2.45, 2.75) is 80.9 Å². The summed E-state index contributed by atoms with van der Waals surface area (Å²) in [5, 5.41) is -0.304. The topological polar surface area (TPSA) is 101 Å². The molecule has 57 heavy (non-hydrogen) atoms. The van der Waals surface area contributed by atoms with Crippen LogP contribution < -0.4 is 14.4 Å². The van der Waals surface area contributed by atoms with Crippen LogP contribution in [0.3, 0.4) is 0 Å². The van der Waals surface area contributed by atoms with E-state index in [-0.39, 0.29) is 36.4 Å². The van der Waals surface area contributed by atoms with Gasteiger partial charge in [0.05, 0.1) is 30.8 Å². The van der Waals surface area contributed by atoms with E-state index in [1.807, 2.05) is 24.3 Å². The van der Waals surface area contributed by atoms with Crippen molar-refractivity contribution in [2.24, 2.45) is 17.8 Å². The lowest BCUT2D eigenvalue weighted by Crippen LogP contribution is -2.63. The maximum Gasteiger partial charge on any atom is 0.411 e. The second-order valence-electron chi connectivity index (χ2n) is 17.4. The molecule has 1 saturated carbocycles. The lowest BCUT2D eigenvalue weighted by molar-refractivity contribution is -0.219. The first-order valence-corrected chi connectivity index (χ1v) is 22.4. The van der Waals surface area contributed by atoms with Crippen molar-refractivity contribution in [3.63, 3.8) is 0 Å². The van der Waals surface area contributed by atoms with E-state index < -0.39 is 50.9 Å². The SMILES string of the molecule is C[C@@H]1[C@@H](C)C/C=C/[C@](CN2CCN3CCOC[C@@H]3C2)(OCC(F)(F)F)[C@@H]2CC[C@H]2CN2C[C@@]3(CCCc4cc(Cl)ccc43)COc3ccc(cc32)C(=O)NS1(=O)=O. The van der Waals surface area contributed by atoms with Gasteiger partial charge in [-0.25, -0.2) is 13.1 Å². The molecule has 2 saturated heterocycles. The fourth-order valence-corrected chi connectivity index (χ4v) is 11.7. The summed E-state index contributed by atoms with van der Waals surface area (Å²) in [4.78, 5) is 20.5. The summed E-state index contributed by atoms with van der Waals surface area (Å²) in [5.41, 5.74) is 1.43. The highest BCUT2D eigenvalue weighted by Gasteiger charge is 2.52. The molecule has 15 heteroatoms. The van der Waals surface area contributed by atoms with Crippen LogP contribution in [-0.4, -0.2) is 119 Å². The van der Waals surface area contributed by atoms with Gasteiger partial charge in [0, 0.05) is 67.9 Å². The maximum atomic E-state index is 14.2. The Kier molecular flexibility index (Phi) is 11.4. The molecule has 4 heterocycles. The molecule has 1 N–H and O–H groups in total. The highest BCUT2D eigenvalue weighted by atomic mass is 35.5. The number of fused-ring (bicyclic) bond motifs is 5. The van der Waals surface area contributed by atoms with Crippen LogP contribution in [0.2, 0.25) is 5.02 Å². The Labute approximate surface area is 339 Å². The molecule has 312 valence electrons. The molecule has 6 aliphatic rings. The number of hydrogen-bond donors (Lipinski definition) is 1. The average molecular weight is 835 g/mol. The number of carbonyl (C=O) groups is 1. The summed E-state index contributed by atoms with van der Waals surface area (Å²) < 4.78 is 91.1. The van der Waals surface area contributed by atoms with E-state index in [2.05, 4.69) is 25.5 Å². The van der Waals surface area contributed by atoms with Crippen LogP contribution in [0.4, 0.5) is 18.9 Å². The third kappa shape index (κ3) is 8.46. The molecule has 1 amide bonds. The zero-order valence-electron chi connectivity index (χ0n) is 32.7. The second kappa shape index (κ2) is 15.9. The van der Waals surface area contributed by atoms with Crippen LogP contribution in [0.25, 0.3) is 0 Å². The highest BCUT2D eigenvalue weighted by Crippen LogP contribution is 2.50. The van der Waals surface area contributed by atoms with Gasteiger partial charge < -0.3 is 19.1 Å². The number of nitrogens with zero attached hydrogens (tertiary/aromatic N) is 3. The Morgan fingerprint density at radius 1 is 1.07 bits per heavy atom. The molecule has 8 rings (SSSR count). The van der Waals surface area contributed by atoms with Gasteiger partial charge in [-0.2, -0.15) is 13.2 Å². The van der Waals surface area contributed by atoms with Gasteiger partial charge in [-0.15, -0.1) is 0 Å². The first-order valence-electron chi connectivity index (χ1n) is 20.4. The van der Waals surface area contributed by atoms with Crippen molar-refractivity contribution in [2.75, 3.05) is 77.1 Å². The Hall–Kier alpha value is -2.88. The smallest absolute Gasteiger partial charge is 0.411 e. The normalized spacial score (nSPS) is 34.1. The molecule has 0 radical (unpaired) electrons. The van der Waals surface area contributed by atoms with Crippen molar-refractivity contribution >= 4 is 33.2 Å². The number of alkyl halides is 3. The van der Waals surface area contributed by atoms with Crippen molar-refractivity contribution in [3.05, 3.63) is 70.3 Å². The lowest BCUT2D eigenvalue weighted by atomic mass is 9.63. The van der Waals surface area contributed by atoms with Gasteiger partial charge in [-0.05, 0) is 105 Å². The zero-order valence-corrected chi connectivity index (χ0v) is 34.3. The summed E-state index contributed by atoms with van der Waals surface area (Å²) in [6.07, 6.45) is 3.47. The number of benzene rings is 2. The van der Waals surface area contributed by atoms with Crippen molar-refractivity contribution in [1.82, 2.24) is 14.5 Å². The minimum absolute atomic E-state index is 0.0550. The first kappa shape index (κ1) is 40.9. The van der Waals surface area contributed by atoms with E-state index in [0.717, 1.165) is 44.3 Å². The summed E-state index contributed by atoms with van der Waals surface area (Å²) >= 11 is 6.48. The molecule has 2 aromatic rings. The Bertz CT molecular complexity index is 1970. The van der Waals surface area contributed by atoms with E-state index in [1.54, 1.807) is 32.0 Å². The number of morpholine rings is 1. The number of amides is 1. The fourth-order valence-electron chi connectivity index (χ4n) is 10.2. The van der Waals surface area contributed by atoms with Gasteiger partial charge in [0.1, 0.15) is 18.0 Å². The van der Waals surface area contributed by atoms with E-state index >= 15 is 0 Å². The molecule has 0 unspecified atom stereocenters. The standard InChI is InChI=1S/C42H54ClF3N4O6S/c1-28-5-3-14-41(56-27-42(44,45)46,25-48-15-16-49-17-18-54-23-34(49)22-48)36-10-7-32(36)21-50-24-40(13-4-6-30-19-33(43)9-11-35(30)40)26-55-38-12-8-31(20-37(38)50)39(51)47-57(52,53)29(28)2/h3,8-9,11-12,14,19-20,28-29,32,34,36H,4-7,10,13,15-18,21-27H2,1-2H3,(H,47,51)/b14-3+/t28-,29+,32-,34-,36+,40-,41+/m0/s1. The van der Waals surface area contributed by atoms with E-state index in [1.165, 1.54) is 5.56 Å². The molecule has 7 atom stereocenters. The zero-order chi connectivity index (χ0) is 40.2. The van der Waals surface area contributed by atoms with Crippen molar-refractivity contribution < 1.29 is 40.6 Å². The molecule has 0 aromatic heterocycles. The van der Waals surface area contributed by atoms with Gasteiger partial charge in [0.25, 0.3) is 5.91 Å². The molecular weight excluding hydrogens is 781 g/mol. The first-order chi connectivity index (χ1) is 27.1. The molecule has 2 aromatic carbocycles. The third-order valence-corrected chi connectivity index (χ3v) is 15.9. The van der Waals surface area contributed by atoms with Gasteiger partial charge in [0.15, 0.2) is 0 Å². The number of nitrogens with one attached hydrogen (secondary N) is 1. The molecule has 10 nitrogen and oxygen atoms in total. The summed E-state index contributed by atoms with van der Waals surface area (Å²) in [7, 11) is -4.13. The van der Waals surface area contributed by atoms with Crippen LogP contribution in [0.15, 0.2) is 48.6 Å². The summed E-state index contributed by atoms with van der Waals surface area (Å²) in [6.45, 7) is 7.82. The summed E-state index contributed by atoms with van der Waals surface area (Å²) in [6, 6.07) is 11.2. The van der Waals surface area contributed by atoms with E-state index in [9.17, 15) is 26.4 Å². The molecule has 2 aliphatic carbocycles. The number of ether oxygens (including phenoxy) is 3. The number of halogens is 4. The van der Waals surface area contributed by atoms with Gasteiger partial charge >= 0.3 is 6.18 Å². The maximum absolute atomic E-state index is 14.2. The van der Waals surface area contributed by atoms with Crippen LogP contribution in [0.1, 0.15) is 67.4 Å². The van der Waals surface area contributed by atoms with E-state index in [0.29, 0.717) is 68.9 Å². The van der Waals surface area contributed by atoms with Gasteiger partial charge in [0.2, 0.25) is 10.0 Å². The van der Waals surface area contributed by atoms with Crippen LogP contribution >= 0.6 is 11.6 Å². The van der Waals surface area contributed by atoms with Crippen molar-refractivity contribution in [1.29, 1.82) is 0 Å². The quantitative estimate of drug-likeness (QED) is 0.361. The monoisotopic (exact) mass is 834 g/mol. The summed E-state index contributed by atoms with van der Waals surface area (Å²) in [5.74, 6) is -0.937. The number of hydrogen-bond acceptors (Lipinski definition) is 9. The third-order valence-electron chi connectivity index (χ3n) is 13.7. The second-order valence-corrected chi connectivity index (χ2v) is 19.9. The molecule has 4 aliphatic heterocycles.